The Labute approximate surface area is 156 Å². The summed E-state index contributed by atoms with van der Waals surface area (Å²) in [4.78, 5) is 6.88. The van der Waals surface area contributed by atoms with Crippen LogP contribution in [0.25, 0.3) is 0 Å². The molecule has 4 fully saturated rings. The zero-order chi connectivity index (χ0) is 15.0. The highest BCUT2D eigenvalue weighted by Crippen LogP contribution is 2.60. The molecule has 23 heavy (non-hydrogen) atoms. The Balaban J connectivity index is 0.00000156. The molecule has 0 radical (unpaired) electrons. The van der Waals surface area contributed by atoms with Gasteiger partial charge in [-0.25, -0.2) is 0 Å². The molecule has 2 aliphatic carbocycles. The molecule has 0 aromatic heterocycles. The van der Waals surface area contributed by atoms with Crippen molar-refractivity contribution in [2.45, 2.75) is 50.7 Å². The second-order valence-corrected chi connectivity index (χ2v) is 7.44. The molecule has 0 aromatic rings. The zero-order valence-corrected chi connectivity index (χ0v) is 16.5. The molecule has 2 aliphatic heterocycles. The topological polar surface area (TPSA) is 46.1 Å². The van der Waals surface area contributed by atoms with Gasteiger partial charge in [-0.2, -0.15) is 0 Å². The Morgan fingerprint density at radius 2 is 1.96 bits per heavy atom. The van der Waals surface area contributed by atoms with Crippen molar-refractivity contribution < 1.29 is 9.47 Å². The molecule has 0 spiro atoms. The van der Waals surface area contributed by atoms with Crippen molar-refractivity contribution in [3.05, 3.63) is 0 Å². The molecule has 0 amide bonds. The number of hydrogen-bond acceptors (Lipinski definition) is 3. The number of rotatable bonds is 4. The summed E-state index contributed by atoms with van der Waals surface area (Å²) in [6.07, 6.45) is 8.48. The molecule has 2 saturated heterocycles. The van der Waals surface area contributed by atoms with Crippen molar-refractivity contribution >= 4 is 29.9 Å². The van der Waals surface area contributed by atoms with E-state index in [1.54, 1.807) is 0 Å². The summed E-state index contributed by atoms with van der Waals surface area (Å²) < 4.78 is 11.7. The molecule has 132 valence electrons. The Kier molecular flexibility index (Phi) is 5.73. The quantitative estimate of drug-likeness (QED) is 0.418. The van der Waals surface area contributed by atoms with Crippen LogP contribution in [-0.2, 0) is 9.47 Å². The monoisotopic (exact) mass is 435 g/mol. The maximum Gasteiger partial charge on any atom is 0.193 e. The first kappa shape index (κ1) is 17.7. The first-order chi connectivity index (χ1) is 10.8. The Morgan fingerprint density at radius 3 is 2.57 bits per heavy atom. The maximum atomic E-state index is 5.94. The third-order valence-corrected chi connectivity index (χ3v) is 5.92. The van der Waals surface area contributed by atoms with Gasteiger partial charge in [0.1, 0.15) is 6.10 Å². The number of nitrogens with one attached hydrogen (secondary N) is 1. The van der Waals surface area contributed by atoms with E-state index in [-0.39, 0.29) is 36.2 Å². The zero-order valence-electron chi connectivity index (χ0n) is 14.1. The first-order valence-corrected chi connectivity index (χ1v) is 8.99. The van der Waals surface area contributed by atoms with Crippen LogP contribution in [0.15, 0.2) is 4.99 Å². The molecule has 2 saturated carbocycles. The van der Waals surface area contributed by atoms with Crippen molar-refractivity contribution in [2.75, 3.05) is 39.9 Å². The lowest BCUT2D eigenvalue weighted by Gasteiger charge is -2.37. The van der Waals surface area contributed by atoms with E-state index < -0.39 is 0 Å². The number of aliphatic imine (C=N–C) groups is 1. The third kappa shape index (κ3) is 3.95. The largest absolute Gasteiger partial charge is 0.375 e. The first-order valence-electron chi connectivity index (χ1n) is 8.99. The molecule has 1 N–H and O–H groups in total. The summed E-state index contributed by atoms with van der Waals surface area (Å²) in [7, 11) is 1.90. The van der Waals surface area contributed by atoms with E-state index in [1.807, 2.05) is 7.05 Å². The van der Waals surface area contributed by atoms with Crippen LogP contribution < -0.4 is 5.32 Å². The summed E-state index contributed by atoms with van der Waals surface area (Å²) in [5.41, 5.74) is 0.607. The van der Waals surface area contributed by atoms with Gasteiger partial charge in [0.2, 0.25) is 0 Å². The highest BCUT2D eigenvalue weighted by molar-refractivity contribution is 14.0. The van der Waals surface area contributed by atoms with Crippen LogP contribution >= 0.6 is 24.0 Å². The third-order valence-electron chi connectivity index (χ3n) is 5.92. The minimum absolute atomic E-state index is 0. The van der Waals surface area contributed by atoms with Crippen LogP contribution in [0.5, 0.6) is 0 Å². The molecule has 4 rings (SSSR count). The molecule has 2 unspecified atom stereocenters. The maximum absolute atomic E-state index is 5.94. The number of halogens is 1. The molecule has 6 heteroatoms. The smallest absolute Gasteiger partial charge is 0.193 e. The molecular weight excluding hydrogens is 405 g/mol. The van der Waals surface area contributed by atoms with Gasteiger partial charge in [0.25, 0.3) is 0 Å². The van der Waals surface area contributed by atoms with Gasteiger partial charge in [-0.15, -0.1) is 24.0 Å². The fraction of sp³-hybridized carbons (Fsp3) is 0.941. The fourth-order valence-corrected chi connectivity index (χ4v) is 4.16. The van der Waals surface area contributed by atoms with Crippen LogP contribution in [-0.4, -0.2) is 63.0 Å². The van der Waals surface area contributed by atoms with Crippen LogP contribution in [0.4, 0.5) is 0 Å². The number of ether oxygens (including phenoxy) is 2. The highest BCUT2D eigenvalue weighted by Gasteiger charge is 2.53. The van der Waals surface area contributed by atoms with Gasteiger partial charge < -0.3 is 19.7 Å². The minimum atomic E-state index is 0. The summed E-state index contributed by atoms with van der Waals surface area (Å²) >= 11 is 0. The van der Waals surface area contributed by atoms with Crippen molar-refractivity contribution in [1.82, 2.24) is 10.2 Å². The predicted octanol–water partition coefficient (Wildman–Crippen LogP) is 2.25. The second kappa shape index (κ2) is 7.44. The van der Waals surface area contributed by atoms with Gasteiger partial charge in [0.15, 0.2) is 5.96 Å². The Bertz CT molecular complexity index is 432. The lowest BCUT2D eigenvalue weighted by atomic mass is 10.0. The van der Waals surface area contributed by atoms with Crippen molar-refractivity contribution in [3.63, 3.8) is 0 Å². The van der Waals surface area contributed by atoms with Gasteiger partial charge in [-0.3, -0.25) is 4.99 Å². The Morgan fingerprint density at radius 1 is 1.17 bits per heavy atom. The summed E-state index contributed by atoms with van der Waals surface area (Å²) in [5, 5.41) is 3.65. The molecule has 5 nitrogen and oxygen atoms in total. The van der Waals surface area contributed by atoms with E-state index in [4.69, 9.17) is 9.47 Å². The number of morpholine rings is 1. The molecule has 0 bridgehead atoms. The normalized spacial score (nSPS) is 33.3. The lowest BCUT2D eigenvalue weighted by molar-refractivity contribution is -0.0817. The van der Waals surface area contributed by atoms with E-state index in [1.165, 1.54) is 32.1 Å². The van der Waals surface area contributed by atoms with Gasteiger partial charge in [0.05, 0.1) is 12.7 Å². The summed E-state index contributed by atoms with van der Waals surface area (Å²) in [6.45, 7) is 4.60. The Hall–Kier alpha value is -0.0800. The standard InChI is InChI=1S/C17H29N3O2.HI/c1-18-16(19-12-17(6-7-17)13-4-5-13)20-8-10-22-15(11-20)14-3-2-9-21-14;/h13-15H,2-12H2,1H3,(H,18,19);1H. The second-order valence-electron chi connectivity index (χ2n) is 7.44. The van der Waals surface area contributed by atoms with Crippen LogP contribution in [0, 0.1) is 11.3 Å². The van der Waals surface area contributed by atoms with E-state index in [0.29, 0.717) is 5.41 Å². The van der Waals surface area contributed by atoms with Crippen molar-refractivity contribution in [1.29, 1.82) is 0 Å². The van der Waals surface area contributed by atoms with Gasteiger partial charge in [0, 0.05) is 33.3 Å². The molecular formula is C17H30IN3O2. The van der Waals surface area contributed by atoms with E-state index >= 15 is 0 Å². The fourth-order valence-electron chi connectivity index (χ4n) is 4.16. The lowest BCUT2D eigenvalue weighted by Crippen LogP contribution is -2.54. The number of hydrogen-bond donors (Lipinski definition) is 1. The highest BCUT2D eigenvalue weighted by atomic mass is 127. The number of nitrogens with zero attached hydrogens (tertiary/aromatic N) is 2. The van der Waals surface area contributed by atoms with E-state index in [9.17, 15) is 0 Å². The van der Waals surface area contributed by atoms with Crippen molar-refractivity contribution in [2.24, 2.45) is 16.3 Å². The summed E-state index contributed by atoms with van der Waals surface area (Å²) in [6, 6.07) is 0. The van der Waals surface area contributed by atoms with Crippen LogP contribution in [0.3, 0.4) is 0 Å². The summed E-state index contributed by atoms with van der Waals surface area (Å²) in [5.74, 6) is 2.04. The molecule has 2 heterocycles. The average molecular weight is 435 g/mol. The van der Waals surface area contributed by atoms with Crippen molar-refractivity contribution in [3.8, 4) is 0 Å². The van der Waals surface area contributed by atoms with Gasteiger partial charge in [-0.05, 0) is 49.9 Å². The molecule has 2 atom stereocenters. The van der Waals surface area contributed by atoms with Crippen LogP contribution in [0.2, 0.25) is 0 Å². The number of guanidine groups is 1. The molecule has 0 aromatic carbocycles. The van der Waals surface area contributed by atoms with Gasteiger partial charge >= 0.3 is 0 Å². The van der Waals surface area contributed by atoms with Gasteiger partial charge in [-0.1, -0.05) is 0 Å². The van der Waals surface area contributed by atoms with E-state index in [2.05, 4.69) is 15.2 Å². The SMILES string of the molecule is CN=C(NCC1(C2CC2)CC1)N1CCOC(C2CCCO2)C1.I. The minimum Gasteiger partial charge on any atom is -0.375 e. The molecule has 4 aliphatic rings. The average Bonchev–Trinajstić information content (AvgIpc) is 3.47. The van der Waals surface area contributed by atoms with E-state index in [0.717, 1.165) is 51.1 Å². The predicted molar refractivity (Wildman–Crippen MR) is 101 cm³/mol. The van der Waals surface area contributed by atoms with Crippen LogP contribution in [0.1, 0.15) is 38.5 Å².